The number of hydrogen-bond donors (Lipinski definition) is 1. The van der Waals surface area contributed by atoms with Gasteiger partial charge in [-0.25, -0.2) is 0 Å². The van der Waals surface area contributed by atoms with Gasteiger partial charge in [0.15, 0.2) is 0 Å². The minimum absolute atomic E-state index is 0.170. The predicted octanol–water partition coefficient (Wildman–Crippen LogP) is 5.73. The molecule has 0 saturated carbocycles. The SMILES string of the molecule is C=C(C)C1CC/C(C)=C/CC/C(C)=C/CC/C(C)=C/[C@H]1O. The van der Waals surface area contributed by atoms with Crippen LogP contribution >= 0.6 is 0 Å². The second kappa shape index (κ2) is 9.04. The van der Waals surface area contributed by atoms with Crippen LogP contribution in [0.4, 0.5) is 0 Å². The summed E-state index contributed by atoms with van der Waals surface area (Å²) in [4.78, 5) is 0. The average molecular weight is 288 g/mol. The van der Waals surface area contributed by atoms with Crippen LogP contribution in [0, 0.1) is 5.92 Å². The first-order valence-corrected chi connectivity index (χ1v) is 8.22. The van der Waals surface area contributed by atoms with Crippen molar-refractivity contribution >= 4 is 0 Å². The molecule has 0 spiro atoms. The molecule has 1 aliphatic rings. The number of allylic oxidation sites excluding steroid dienone is 5. The molecule has 1 N–H and O–H groups in total. The zero-order valence-corrected chi connectivity index (χ0v) is 14.3. The number of rotatable bonds is 1. The van der Waals surface area contributed by atoms with E-state index in [4.69, 9.17) is 0 Å². The predicted molar refractivity (Wildman–Crippen MR) is 93.3 cm³/mol. The van der Waals surface area contributed by atoms with Gasteiger partial charge in [-0.05, 0) is 66.2 Å². The molecule has 1 heteroatoms. The van der Waals surface area contributed by atoms with Crippen molar-refractivity contribution in [2.24, 2.45) is 5.92 Å². The molecule has 0 amide bonds. The largest absolute Gasteiger partial charge is 0.388 e. The molecule has 0 saturated heterocycles. The topological polar surface area (TPSA) is 20.2 Å². The second-order valence-corrected chi connectivity index (χ2v) is 6.67. The standard InChI is InChI=1S/C20H32O/c1-15(2)19-13-12-17(4)10-6-8-16(3)9-7-11-18(5)14-20(19)21/h9-10,14,19-21H,1,6-8,11-13H2,2-5H3/b16-9+,17-10+,18-14+/t19?,20-/m1/s1. The van der Waals surface area contributed by atoms with E-state index in [-0.39, 0.29) is 5.92 Å². The fraction of sp³-hybridized carbons (Fsp3) is 0.600. The molecule has 2 atom stereocenters. The first-order valence-electron chi connectivity index (χ1n) is 8.22. The van der Waals surface area contributed by atoms with Crippen LogP contribution in [-0.2, 0) is 0 Å². The second-order valence-electron chi connectivity index (χ2n) is 6.67. The van der Waals surface area contributed by atoms with Crippen LogP contribution in [0.3, 0.4) is 0 Å². The highest BCUT2D eigenvalue weighted by atomic mass is 16.3. The molecular weight excluding hydrogens is 256 g/mol. The molecule has 1 aliphatic carbocycles. The van der Waals surface area contributed by atoms with Gasteiger partial charge in [0.05, 0.1) is 6.10 Å². The molecule has 0 heterocycles. The lowest BCUT2D eigenvalue weighted by Crippen LogP contribution is -2.19. The molecule has 1 unspecified atom stereocenters. The fourth-order valence-corrected chi connectivity index (χ4v) is 2.88. The van der Waals surface area contributed by atoms with E-state index in [1.807, 2.05) is 13.0 Å². The molecule has 1 rings (SSSR count). The van der Waals surface area contributed by atoms with Crippen molar-refractivity contribution in [3.8, 4) is 0 Å². The van der Waals surface area contributed by atoms with Gasteiger partial charge < -0.3 is 5.11 Å². The van der Waals surface area contributed by atoms with Crippen LogP contribution in [0.5, 0.6) is 0 Å². The van der Waals surface area contributed by atoms with Crippen LogP contribution in [0.2, 0.25) is 0 Å². The van der Waals surface area contributed by atoms with Crippen LogP contribution in [0.15, 0.2) is 47.1 Å². The van der Waals surface area contributed by atoms with Gasteiger partial charge >= 0.3 is 0 Å². The summed E-state index contributed by atoms with van der Waals surface area (Å²) >= 11 is 0. The van der Waals surface area contributed by atoms with Crippen molar-refractivity contribution in [1.82, 2.24) is 0 Å². The molecule has 0 radical (unpaired) electrons. The summed E-state index contributed by atoms with van der Waals surface area (Å²) in [6.07, 6.45) is 12.8. The molecule has 118 valence electrons. The third kappa shape index (κ3) is 6.95. The van der Waals surface area contributed by atoms with E-state index in [9.17, 15) is 5.11 Å². The van der Waals surface area contributed by atoms with Gasteiger partial charge in [0.2, 0.25) is 0 Å². The maximum absolute atomic E-state index is 10.5. The summed E-state index contributed by atoms with van der Waals surface area (Å²) in [6.45, 7) is 12.7. The summed E-state index contributed by atoms with van der Waals surface area (Å²) in [5.74, 6) is 0.170. The Kier molecular flexibility index (Phi) is 7.74. The highest BCUT2D eigenvalue weighted by Crippen LogP contribution is 2.25. The van der Waals surface area contributed by atoms with Gasteiger partial charge in [0.1, 0.15) is 0 Å². The van der Waals surface area contributed by atoms with Crippen LogP contribution < -0.4 is 0 Å². The molecule has 1 nitrogen and oxygen atoms in total. The maximum Gasteiger partial charge on any atom is 0.0788 e. The lowest BCUT2D eigenvalue weighted by Gasteiger charge is -2.22. The Bertz CT molecular complexity index is 437. The molecule has 0 aliphatic heterocycles. The van der Waals surface area contributed by atoms with Gasteiger partial charge in [-0.1, -0.05) is 47.1 Å². The highest BCUT2D eigenvalue weighted by molar-refractivity contribution is 5.13. The van der Waals surface area contributed by atoms with Crippen LogP contribution in [-0.4, -0.2) is 11.2 Å². The van der Waals surface area contributed by atoms with E-state index in [1.54, 1.807) is 0 Å². The van der Waals surface area contributed by atoms with E-state index in [0.29, 0.717) is 0 Å². The summed E-state index contributed by atoms with van der Waals surface area (Å²) < 4.78 is 0. The lowest BCUT2D eigenvalue weighted by molar-refractivity contribution is 0.165. The first-order chi connectivity index (χ1) is 9.90. The van der Waals surface area contributed by atoms with Gasteiger partial charge in [0, 0.05) is 5.92 Å². The molecule has 0 bridgehead atoms. The van der Waals surface area contributed by atoms with Gasteiger partial charge in [-0.2, -0.15) is 0 Å². The van der Waals surface area contributed by atoms with Crippen molar-refractivity contribution in [2.45, 2.75) is 72.3 Å². The first kappa shape index (κ1) is 18.0. The Morgan fingerprint density at radius 2 is 1.52 bits per heavy atom. The normalized spacial score (nSPS) is 33.7. The van der Waals surface area contributed by atoms with Crippen molar-refractivity contribution < 1.29 is 5.11 Å². The minimum Gasteiger partial charge on any atom is -0.388 e. The third-order valence-electron chi connectivity index (χ3n) is 4.41. The monoisotopic (exact) mass is 288 g/mol. The number of aliphatic hydroxyl groups excluding tert-OH is 1. The number of aliphatic hydroxyl groups is 1. The Balaban J connectivity index is 2.90. The number of hydrogen-bond acceptors (Lipinski definition) is 1. The van der Waals surface area contributed by atoms with E-state index < -0.39 is 6.10 Å². The molecule has 0 fully saturated rings. The molecule has 0 aromatic carbocycles. The zero-order valence-electron chi connectivity index (χ0n) is 14.3. The average Bonchev–Trinajstić information content (AvgIpc) is 2.37. The molecular formula is C20H32O. The van der Waals surface area contributed by atoms with Crippen molar-refractivity contribution in [1.29, 1.82) is 0 Å². The van der Waals surface area contributed by atoms with E-state index >= 15 is 0 Å². The Hall–Kier alpha value is -1.08. The van der Waals surface area contributed by atoms with E-state index in [0.717, 1.165) is 44.1 Å². The Morgan fingerprint density at radius 1 is 1.00 bits per heavy atom. The van der Waals surface area contributed by atoms with Gasteiger partial charge in [-0.3, -0.25) is 0 Å². The van der Waals surface area contributed by atoms with Crippen molar-refractivity contribution in [3.63, 3.8) is 0 Å². The van der Waals surface area contributed by atoms with Crippen molar-refractivity contribution in [2.75, 3.05) is 0 Å². The Morgan fingerprint density at radius 3 is 2.10 bits per heavy atom. The smallest absolute Gasteiger partial charge is 0.0788 e. The maximum atomic E-state index is 10.5. The van der Waals surface area contributed by atoms with Gasteiger partial charge in [-0.15, -0.1) is 0 Å². The summed E-state index contributed by atoms with van der Waals surface area (Å²) in [7, 11) is 0. The highest BCUT2D eigenvalue weighted by Gasteiger charge is 2.18. The lowest BCUT2D eigenvalue weighted by atomic mass is 9.87. The molecule has 0 aromatic rings. The van der Waals surface area contributed by atoms with Gasteiger partial charge in [0.25, 0.3) is 0 Å². The molecule has 0 aromatic heterocycles. The summed E-state index contributed by atoms with van der Waals surface area (Å²) in [6, 6.07) is 0. The van der Waals surface area contributed by atoms with Crippen molar-refractivity contribution in [3.05, 3.63) is 47.1 Å². The third-order valence-corrected chi connectivity index (χ3v) is 4.41. The fourth-order valence-electron chi connectivity index (χ4n) is 2.88. The Labute approximate surface area is 131 Å². The minimum atomic E-state index is -0.400. The summed E-state index contributed by atoms with van der Waals surface area (Å²) in [5.41, 5.74) is 5.27. The van der Waals surface area contributed by atoms with E-state index in [2.05, 4.69) is 39.5 Å². The van der Waals surface area contributed by atoms with Crippen LogP contribution in [0.1, 0.15) is 66.2 Å². The quantitative estimate of drug-likeness (QED) is 0.611. The zero-order chi connectivity index (χ0) is 15.8. The molecule has 21 heavy (non-hydrogen) atoms. The van der Waals surface area contributed by atoms with Crippen LogP contribution in [0.25, 0.3) is 0 Å². The summed E-state index contributed by atoms with van der Waals surface area (Å²) in [5, 5.41) is 10.5. The van der Waals surface area contributed by atoms with E-state index in [1.165, 1.54) is 16.7 Å².